The Hall–Kier alpha value is -5.97. The number of aromatic nitrogens is 1. The molecule has 2 aromatic heterocycles. The van der Waals surface area contributed by atoms with Gasteiger partial charge in [0.2, 0.25) is 0 Å². The number of anilines is 1. The Morgan fingerprint density at radius 1 is 0.500 bits per heavy atom. The minimum absolute atomic E-state index is 0.187. The van der Waals surface area contributed by atoms with Gasteiger partial charge in [-0.25, -0.2) is 0 Å². The second-order valence-electron chi connectivity index (χ2n) is 12.4. The predicted molar refractivity (Wildman–Crippen MR) is 204 cm³/mol. The topological polar surface area (TPSA) is 29.3 Å². The molecule has 48 heavy (non-hydrogen) atoms. The summed E-state index contributed by atoms with van der Waals surface area (Å²) in [5.74, 6) is 0. The van der Waals surface area contributed by atoms with Crippen molar-refractivity contribution in [3.05, 3.63) is 180 Å². The SMILES string of the molecule is c1ccc(C2=NC(c3ccc(-n4c5ccc(-c6ccccc6)cc5c5cc6sc7ccccc7c6cc54)cc3)Nc3ccccc32)cc1. The summed E-state index contributed by atoms with van der Waals surface area (Å²) in [7, 11) is 0. The molecule has 226 valence electrons. The van der Waals surface area contributed by atoms with Crippen molar-refractivity contribution in [2.75, 3.05) is 5.32 Å². The van der Waals surface area contributed by atoms with Crippen LogP contribution < -0.4 is 5.32 Å². The molecule has 3 heterocycles. The lowest BCUT2D eigenvalue weighted by Gasteiger charge is -2.26. The van der Waals surface area contributed by atoms with Crippen LogP contribution >= 0.6 is 11.3 Å². The maximum atomic E-state index is 5.25. The normalized spacial score (nSPS) is 14.3. The summed E-state index contributed by atoms with van der Waals surface area (Å²) in [6, 6.07) is 59.0. The monoisotopic (exact) mass is 631 g/mol. The average Bonchev–Trinajstić information content (AvgIpc) is 3.68. The Bertz CT molecular complexity index is 2680. The number of hydrogen-bond acceptors (Lipinski definition) is 3. The third-order valence-corrected chi connectivity index (χ3v) is 10.8. The van der Waals surface area contributed by atoms with Crippen LogP contribution in [0.1, 0.15) is 22.9 Å². The molecule has 1 unspecified atom stereocenters. The highest BCUT2D eigenvalue weighted by atomic mass is 32.1. The third-order valence-electron chi connectivity index (χ3n) is 9.62. The number of aliphatic imine (C=N–C) groups is 1. The number of para-hydroxylation sites is 1. The van der Waals surface area contributed by atoms with E-state index >= 15 is 0 Å². The van der Waals surface area contributed by atoms with Crippen molar-refractivity contribution in [3.63, 3.8) is 0 Å². The maximum Gasteiger partial charge on any atom is 0.145 e. The van der Waals surface area contributed by atoms with Crippen molar-refractivity contribution in [2.45, 2.75) is 6.17 Å². The maximum absolute atomic E-state index is 5.25. The van der Waals surface area contributed by atoms with Crippen LogP contribution in [0, 0.1) is 0 Å². The van der Waals surface area contributed by atoms with Crippen molar-refractivity contribution in [2.24, 2.45) is 4.99 Å². The number of thiophene rings is 1. The highest BCUT2D eigenvalue weighted by Gasteiger charge is 2.23. The first kappa shape index (κ1) is 27.2. The number of hydrogen-bond donors (Lipinski definition) is 1. The molecular formula is C44H29N3S. The summed E-state index contributed by atoms with van der Waals surface area (Å²) in [5, 5.41) is 8.84. The summed E-state index contributed by atoms with van der Waals surface area (Å²) in [6.45, 7) is 0. The summed E-state index contributed by atoms with van der Waals surface area (Å²) < 4.78 is 5.07. The third kappa shape index (κ3) is 4.30. The molecule has 0 saturated heterocycles. The molecule has 10 rings (SSSR count). The molecule has 0 bridgehead atoms. The Balaban J connectivity index is 1.14. The summed E-state index contributed by atoms with van der Waals surface area (Å²) in [5.41, 5.74) is 11.5. The Labute approximate surface area is 282 Å². The first-order valence-electron chi connectivity index (χ1n) is 16.3. The van der Waals surface area contributed by atoms with Gasteiger partial charge in [-0.2, -0.15) is 0 Å². The lowest BCUT2D eigenvalue weighted by molar-refractivity contribution is 0.827. The zero-order valence-corrected chi connectivity index (χ0v) is 26.8. The van der Waals surface area contributed by atoms with Crippen molar-refractivity contribution in [1.29, 1.82) is 0 Å². The number of nitrogens with zero attached hydrogens (tertiary/aromatic N) is 2. The zero-order chi connectivity index (χ0) is 31.6. The average molecular weight is 632 g/mol. The van der Waals surface area contributed by atoms with Crippen LogP contribution in [0.15, 0.2) is 169 Å². The molecule has 1 atom stereocenters. The van der Waals surface area contributed by atoms with E-state index < -0.39 is 0 Å². The molecule has 7 aromatic carbocycles. The molecule has 1 aliphatic heterocycles. The molecule has 9 aromatic rings. The van der Waals surface area contributed by atoms with Crippen LogP contribution in [-0.4, -0.2) is 10.3 Å². The van der Waals surface area contributed by atoms with Gasteiger partial charge in [-0.05, 0) is 65.2 Å². The highest BCUT2D eigenvalue weighted by Crippen LogP contribution is 2.42. The minimum Gasteiger partial charge on any atom is -0.360 e. The van der Waals surface area contributed by atoms with Gasteiger partial charge in [-0.1, -0.05) is 115 Å². The van der Waals surface area contributed by atoms with Gasteiger partial charge in [0, 0.05) is 53.4 Å². The molecular weight excluding hydrogens is 603 g/mol. The van der Waals surface area contributed by atoms with E-state index in [0.717, 1.165) is 33.8 Å². The molecule has 1 N–H and O–H groups in total. The predicted octanol–water partition coefficient (Wildman–Crippen LogP) is 11.8. The second-order valence-corrected chi connectivity index (χ2v) is 13.5. The van der Waals surface area contributed by atoms with E-state index in [1.807, 2.05) is 11.3 Å². The minimum atomic E-state index is -0.187. The van der Waals surface area contributed by atoms with Crippen LogP contribution in [0.5, 0.6) is 0 Å². The van der Waals surface area contributed by atoms with Gasteiger partial charge in [0.1, 0.15) is 6.17 Å². The van der Waals surface area contributed by atoms with Crippen molar-refractivity contribution >= 4 is 64.7 Å². The summed E-state index contributed by atoms with van der Waals surface area (Å²) in [4.78, 5) is 5.25. The lowest BCUT2D eigenvalue weighted by Crippen LogP contribution is -2.20. The van der Waals surface area contributed by atoms with Crippen molar-refractivity contribution in [3.8, 4) is 16.8 Å². The number of benzene rings is 7. The Morgan fingerprint density at radius 2 is 1.21 bits per heavy atom. The van der Waals surface area contributed by atoms with Gasteiger partial charge < -0.3 is 9.88 Å². The molecule has 0 aliphatic carbocycles. The van der Waals surface area contributed by atoms with Crippen LogP contribution in [0.3, 0.4) is 0 Å². The van der Waals surface area contributed by atoms with E-state index in [2.05, 4.69) is 174 Å². The summed E-state index contributed by atoms with van der Waals surface area (Å²) in [6.07, 6.45) is -0.187. The van der Waals surface area contributed by atoms with Gasteiger partial charge >= 0.3 is 0 Å². The number of nitrogens with one attached hydrogen (secondary N) is 1. The Kier molecular flexibility index (Phi) is 6.11. The fourth-order valence-electron chi connectivity index (χ4n) is 7.31. The fourth-order valence-corrected chi connectivity index (χ4v) is 8.44. The largest absolute Gasteiger partial charge is 0.360 e. The van der Waals surface area contributed by atoms with Crippen molar-refractivity contribution < 1.29 is 0 Å². The quantitative estimate of drug-likeness (QED) is 0.206. The van der Waals surface area contributed by atoms with Gasteiger partial charge in [-0.3, -0.25) is 4.99 Å². The van der Waals surface area contributed by atoms with E-state index in [1.54, 1.807) is 0 Å². The molecule has 0 saturated carbocycles. The van der Waals surface area contributed by atoms with Crippen LogP contribution in [0.25, 0.3) is 58.8 Å². The molecule has 3 nitrogen and oxygen atoms in total. The fraction of sp³-hybridized carbons (Fsp3) is 0.0227. The van der Waals surface area contributed by atoms with E-state index in [9.17, 15) is 0 Å². The molecule has 0 amide bonds. The number of fused-ring (bicyclic) bond motifs is 7. The van der Waals surface area contributed by atoms with Crippen LogP contribution in [0.4, 0.5) is 5.69 Å². The first-order valence-corrected chi connectivity index (χ1v) is 17.1. The van der Waals surface area contributed by atoms with E-state index in [1.165, 1.54) is 53.1 Å². The molecule has 0 radical (unpaired) electrons. The second kappa shape index (κ2) is 10.8. The molecule has 4 heteroatoms. The van der Waals surface area contributed by atoms with Gasteiger partial charge in [0.05, 0.1) is 16.7 Å². The zero-order valence-electron chi connectivity index (χ0n) is 26.0. The van der Waals surface area contributed by atoms with Gasteiger partial charge in [0.25, 0.3) is 0 Å². The number of rotatable bonds is 4. The van der Waals surface area contributed by atoms with E-state index in [0.29, 0.717) is 0 Å². The van der Waals surface area contributed by atoms with Gasteiger partial charge in [-0.15, -0.1) is 11.3 Å². The molecule has 1 aliphatic rings. The van der Waals surface area contributed by atoms with Gasteiger partial charge in [0.15, 0.2) is 0 Å². The summed E-state index contributed by atoms with van der Waals surface area (Å²) >= 11 is 1.87. The molecule has 0 spiro atoms. The van der Waals surface area contributed by atoms with E-state index in [4.69, 9.17) is 4.99 Å². The molecule has 0 fully saturated rings. The highest BCUT2D eigenvalue weighted by molar-refractivity contribution is 7.25. The smallest absolute Gasteiger partial charge is 0.145 e. The standard InChI is InChI=1S/C44H29N3S/c1-3-11-28(12-4-1)31-21-24-39-35(25-31)36-27-42-37(33-15-8-10-18-41(33)48-42)26-40(36)47(39)32-22-19-30(20-23-32)44-45-38-17-9-7-16-34(38)43(46-44)29-13-5-2-6-14-29/h1-27,44-45H. The van der Waals surface area contributed by atoms with Crippen LogP contribution in [0.2, 0.25) is 0 Å². The Morgan fingerprint density at radius 3 is 2.04 bits per heavy atom. The lowest BCUT2D eigenvalue weighted by atomic mass is 9.97. The van der Waals surface area contributed by atoms with E-state index in [-0.39, 0.29) is 6.17 Å². The van der Waals surface area contributed by atoms with Crippen LogP contribution in [-0.2, 0) is 0 Å². The first-order chi connectivity index (χ1) is 23.8. The van der Waals surface area contributed by atoms with Crippen molar-refractivity contribution in [1.82, 2.24) is 4.57 Å².